The Hall–Kier alpha value is -1.22. The van der Waals surface area contributed by atoms with Gasteiger partial charge in [-0.25, -0.2) is 4.79 Å². The van der Waals surface area contributed by atoms with Crippen molar-refractivity contribution in [2.24, 2.45) is 16.7 Å². The van der Waals surface area contributed by atoms with E-state index in [9.17, 15) is 9.90 Å². The third-order valence-corrected chi connectivity index (χ3v) is 6.66. The Morgan fingerprint density at radius 1 is 1.38 bits per heavy atom. The van der Waals surface area contributed by atoms with Crippen LogP contribution in [0.25, 0.3) is 0 Å². The molecule has 0 amide bonds. The molecular weight excluding hydrogens is 286 g/mol. The molecule has 1 aromatic rings. The lowest BCUT2D eigenvalue weighted by Gasteiger charge is -2.40. The van der Waals surface area contributed by atoms with E-state index < -0.39 is 5.97 Å². The standard InChI is InChI=1S/C17H22ClNO2/c1-16(2)10-6-7-17(16,3)14(8-10)19-11-4-5-13(18)12(9-11)15(20)21/h4-5,9-10,14,19H,6-8H2,1-3H3,(H,20,21). The molecule has 3 atom stereocenters. The third kappa shape index (κ3) is 2.05. The van der Waals surface area contributed by atoms with Crippen molar-refractivity contribution in [1.29, 1.82) is 0 Å². The van der Waals surface area contributed by atoms with E-state index >= 15 is 0 Å². The second kappa shape index (κ2) is 4.64. The normalized spacial score (nSPS) is 33.1. The first-order valence-corrected chi connectivity index (χ1v) is 7.93. The van der Waals surface area contributed by atoms with Gasteiger partial charge in [-0.2, -0.15) is 0 Å². The smallest absolute Gasteiger partial charge is 0.337 e. The van der Waals surface area contributed by atoms with Gasteiger partial charge in [0, 0.05) is 11.7 Å². The molecule has 0 aromatic heterocycles. The van der Waals surface area contributed by atoms with Crippen LogP contribution in [0.5, 0.6) is 0 Å². The number of hydrogen-bond donors (Lipinski definition) is 2. The van der Waals surface area contributed by atoms with Crippen LogP contribution >= 0.6 is 11.6 Å². The minimum absolute atomic E-state index is 0.161. The van der Waals surface area contributed by atoms with Gasteiger partial charge >= 0.3 is 5.97 Å². The molecular formula is C17H22ClNO2. The summed E-state index contributed by atoms with van der Waals surface area (Å²) in [5.74, 6) is -0.227. The molecule has 2 fully saturated rings. The molecule has 2 N–H and O–H groups in total. The fourth-order valence-electron chi connectivity index (χ4n) is 4.40. The van der Waals surface area contributed by atoms with Crippen molar-refractivity contribution < 1.29 is 9.90 Å². The van der Waals surface area contributed by atoms with Crippen molar-refractivity contribution in [3.63, 3.8) is 0 Å². The molecule has 0 spiro atoms. The second-order valence-electron chi connectivity index (χ2n) is 7.31. The quantitative estimate of drug-likeness (QED) is 0.853. The van der Waals surface area contributed by atoms with Crippen molar-refractivity contribution in [2.75, 3.05) is 5.32 Å². The number of aromatic carboxylic acids is 1. The van der Waals surface area contributed by atoms with E-state index in [1.807, 2.05) is 6.07 Å². The van der Waals surface area contributed by atoms with Gasteiger partial charge in [0.1, 0.15) is 0 Å². The third-order valence-electron chi connectivity index (χ3n) is 6.33. The highest BCUT2D eigenvalue weighted by Gasteiger charge is 2.61. The summed E-state index contributed by atoms with van der Waals surface area (Å²) in [6, 6.07) is 5.58. The summed E-state index contributed by atoms with van der Waals surface area (Å²) in [7, 11) is 0. The number of benzene rings is 1. The number of hydrogen-bond acceptors (Lipinski definition) is 2. The van der Waals surface area contributed by atoms with Crippen LogP contribution in [-0.2, 0) is 0 Å². The van der Waals surface area contributed by atoms with Crippen LogP contribution in [0.3, 0.4) is 0 Å². The number of carboxylic acids is 1. The van der Waals surface area contributed by atoms with Gasteiger partial charge < -0.3 is 10.4 Å². The molecule has 3 nitrogen and oxygen atoms in total. The van der Waals surface area contributed by atoms with Gasteiger partial charge in [0.15, 0.2) is 0 Å². The molecule has 3 rings (SSSR count). The molecule has 2 aliphatic rings. The minimum atomic E-state index is -0.983. The van der Waals surface area contributed by atoms with Crippen LogP contribution in [-0.4, -0.2) is 17.1 Å². The van der Waals surface area contributed by atoms with Gasteiger partial charge in [0.05, 0.1) is 10.6 Å². The fraction of sp³-hybridized carbons (Fsp3) is 0.588. The van der Waals surface area contributed by atoms with Crippen molar-refractivity contribution in [2.45, 2.75) is 46.1 Å². The van der Waals surface area contributed by atoms with Crippen LogP contribution in [0.1, 0.15) is 50.4 Å². The SMILES string of the molecule is CC1(C)C2CCC1(C)C(Nc1ccc(Cl)c(C(=O)O)c1)C2. The highest BCUT2D eigenvalue weighted by atomic mass is 35.5. The van der Waals surface area contributed by atoms with E-state index in [-0.39, 0.29) is 16.0 Å². The summed E-state index contributed by atoms with van der Waals surface area (Å²) < 4.78 is 0. The van der Waals surface area contributed by atoms with E-state index in [0.717, 1.165) is 18.0 Å². The lowest BCUT2D eigenvalue weighted by atomic mass is 9.69. The van der Waals surface area contributed by atoms with Crippen LogP contribution in [0.2, 0.25) is 5.02 Å². The van der Waals surface area contributed by atoms with Crippen LogP contribution < -0.4 is 5.32 Å². The Morgan fingerprint density at radius 3 is 2.62 bits per heavy atom. The molecule has 4 heteroatoms. The van der Waals surface area contributed by atoms with Crippen molar-refractivity contribution in [1.82, 2.24) is 0 Å². The topological polar surface area (TPSA) is 49.3 Å². The summed E-state index contributed by atoms with van der Waals surface area (Å²) in [5.41, 5.74) is 1.62. The molecule has 0 heterocycles. The van der Waals surface area contributed by atoms with E-state index in [1.54, 1.807) is 12.1 Å². The maximum Gasteiger partial charge on any atom is 0.337 e. The fourth-order valence-corrected chi connectivity index (χ4v) is 4.60. The molecule has 1 aromatic carbocycles. The van der Waals surface area contributed by atoms with Gasteiger partial charge in [-0.15, -0.1) is 0 Å². The Morgan fingerprint density at radius 2 is 2.10 bits per heavy atom. The number of fused-ring (bicyclic) bond motifs is 2. The molecule has 0 radical (unpaired) electrons. The first-order valence-electron chi connectivity index (χ1n) is 7.55. The lowest BCUT2D eigenvalue weighted by molar-refractivity contribution is 0.0697. The van der Waals surface area contributed by atoms with Gasteiger partial charge in [0.2, 0.25) is 0 Å². The largest absolute Gasteiger partial charge is 0.478 e. The number of carboxylic acid groups (broad SMARTS) is 1. The van der Waals surface area contributed by atoms with E-state index in [0.29, 0.717) is 11.5 Å². The summed E-state index contributed by atoms with van der Waals surface area (Å²) in [6.45, 7) is 7.11. The first kappa shape index (κ1) is 14.7. The average molecular weight is 308 g/mol. The van der Waals surface area contributed by atoms with E-state index in [4.69, 9.17) is 11.6 Å². The summed E-state index contributed by atoms with van der Waals surface area (Å²) in [5, 5.41) is 13.0. The number of rotatable bonds is 3. The predicted octanol–water partition coefficient (Wildman–Crippen LogP) is 4.66. The molecule has 0 saturated heterocycles. The van der Waals surface area contributed by atoms with E-state index in [2.05, 4.69) is 26.1 Å². The molecule has 21 heavy (non-hydrogen) atoms. The van der Waals surface area contributed by atoms with Gasteiger partial charge in [0.25, 0.3) is 0 Å². The van der Waals surface area contributed by atoms with E-state index in [1.165, 1.54) is 12.8 Å². The lowest BCUT2D eigenvalue weighted by Crippen LogP contribution is -2.40. The van der Waals surface area contributed by atoms with Crippen molar-refractivity contribution in [3.8, 4) is 0 Å². The Bertz CT molecular complexity index is 598. The predicted molar refractivity (Wildman–Crippen MR) is 85.1 cm³/mol. The van der Waals surface area contributed by atoms with Crippen molar-refractivity contribution >= 4 is 23.3 Å². The molecule has 114 valence electrons. The number of anilines is 1. The number of halogens is 1. The Kier molecular flexibility index (Phi) is 3.25. The summed E-state index contributed by atoms with van der Waals surface area (Å²) in [6.07, 6.45) is 3.71. The van der Waals surface area contributed by atoms with Gasteiger partial charge in [-0.3, -0.25) is 0 Å². The van der Waals surface area contributed by atoms with Crippen LogP contribution in [0, 0.1) is 16.7 Å². The zero-order valence-corrected chi connectivity index (χ0v) is 13.5. The van der Waals surface area contributed by atoms with Gasteiger partial charge in [-0.05, 0) is 54.2 Å². The molecule has 3 unspecified atom stereocenters. The van der Waals surface area contributed by atoms with Crippen LogP contribution in [0.4, 0.5) is 5.69 Å². The molecule has 2 bridgehead atoms. The van der Waals surface area contributed by atoms with Crippen LogP contribution in [0.15, 0.2) is 18.2 Å². The first-order chi connectivity index (χ1) is 9.75. The van der Waals surface area contributed by atoms with Gasteiger partial charge in [-0.1, -0.05) is 32.4 Å². The zero-order chi connectivity index (χ0) is 15.4. The zero-order valence-electron chi connectivity index (χ0n) is 12.7. The average Bonchev–Trinajstić information content (AvgIpc) is 2.74. The minimum Gasteiger partial charge on any atom is -0.478 e. The maximum atomic E-state index is 11.2. The number of carbonyl (C=O) groups is 1. The molecule has 2 aliphatic carbocycles. The second-order valence-corrected chi connectivity index (χ2v) is 7.71. The molecule has 0 aliphatic heterocycles. The van der Waals surface area contributed by atoms with Crippen molar-refractivity contribution in [3.05, 3.63) is 28.8 Å². The Balaban J connectivity index is 1.86. The summed E-state index contributed by atoms with van der Waals surface area (Å²) >= 11 is 5.93. The highest BCUT2D eigenvalue weighted by molar-refractivity contribution is 6.33. The maximum absolute atomic E-state index is 11.2. The summed E-state index contributed by atoms with van der Waals surface area (Å²) in [4.78, 5) is 11.2. The molecule has 2 saturated carbocycles. The number of nitrogens with one attached hydrogen (secondary N) is 1. The highest BCUT2D eigenvalue weighted by Crippen LogP contribution is 2.65. The Labute approximate surface area is 130 Å². The monoisotopic (exact) mass is 307 g/mol.